The fourth-order valence-corrected chi connectivity index (χ4v) is 1.52. The number of carbonyl (C=O) groups excluding carboxylic acids is 1. The summed E-state index contributed by atoms with van der Waals surface area (Å²) in [5, 5.41) is 2.94. The number of thiol groups is 1. The van der Waals surface area contributed by atoms with Crippen LogP contribution >= 0.6 is 24.2 Å². The molecule has 0 aliphatic rings. The van der Waals surface area contributed by atoms with Crippen LogP contribution < -0.4 is 10.1 Å². The molecule has 0 bridgehead atoms. The summed E-state index contributed by atoms with van der Waals surface area (Å²) in [5.41, 5.74) is 0.560. The van der Waals surface area contributed by atoms with Crippen molar-refractivity contribution in [1.82, 2.24) is 0 Å². The maximum atomic E-state index is 11.8. The Kier molecular flexibility index (Phi) is 5.15. The predicted octanol–water partition coefficient (Wildman–Crippen LogP) is 3.24. The third-order valence-electron chi connectivity index (χ3n) is 2.32. The molecule has 17 heavy (non-hydrogen) atoms. The molecule has 0 radical (unpaired) electrons. The van der Waals surface area contributed by atoms with Gasteiger partial charge in [-0.2, -0.15) is 12.6 Å². The minimum Gasteiger partial charge on any atom is -0.495 e. The topological polar surface area (TPSA) is 38.3 Å². The molecule has 1 unspecified atom stereocenters. The lowest BCUT2D eigenvalue weighted by molar-refractivity contribution is -0.116. The second-order valence-corrected chi connectivity index (χ2v) is 5.02. The van der Waals surface area contributed by atoms with Gasteiger partial charge in [-0.15, -0.1) is 0 Å². The number of hydrogen-bond donors (Lipinski definition) is 2. The van der Waals surface area contributed by atoms with E-state index < -0.39 is 0 Å². The highest BCUT2D eigenvalue weighted by Gasteiger charge is 2.19. The van der Waals surface area contributed by atoms with Gasteiger partial charge in [0.2, 0.25) is 5.91 Å². The minimum absolute atomic E-state index is 0.156. The van der Waals surface area contributed by atoms with Crippen LogP contribution in [0.5, 0.6) is 5.75 Å². The summed E-state index contributed by atoms with van der Waals surface area (Å²) in [5.74, 6) is 0.569. The summed E-state index contributed by atoms with van der Waals surface area (Å²) in [6.45, 7) is 3.87. The Morgan fingerprint density at radius 2 is 2.12 bits per heavy atom. The number of anilines is 1. The van der Waals surface area contributed by atoms with Gasteiger partial charge in [0, 0.05) is 5.02 Å². The fraction of sp³-hybridized carbons (Fsp3) is 0.417. The molecule has 5 heteroatoms. The van der Waals surface area contributed by atoms with E-state index in [-0.39, 0.29) is 17.1 Å². The summed E-state index contributed by atoms with van der Waals surface area (Å²) in [6.07, 6.45) is 0. The number of hydrogen-bond acceptors (Lipinski definition) is 3. The van der Waals surface area contributed by atoms with E-state index >= 15 is 0 Å². The molecule has 0 spiro atoms. The zero-order valence-corrected chi connectivity index (χ0v) is 11.7. The quantitative estimate of drug-likeness (QED) is 0.827. The maximum absolute atomic E-state index is 11.8. The van der Waals surface area contributed by atoms with Gasteiger partial charge in [-0.3, -0.25) is 4.79 Å². The SMILES string of the molecule is COc1ccc(Cl)cc1NC(=O)C(S)C(C)C. The van der Waals surface area contributed by atoms with Crippen molar-refractivity contribution in [2.45, 2.75) is 19.1 Å². The average molecular weight is 274 g/mol. The Morgan fingerprint density at radius 3 is 2.65 bits per heavy atom. The van der Waals surface area contributed by atoms with E-state index in [1.807, 2.05) is 13.8 Å². The number of rotatable bonds is 4. The Balaban J connectivity index is 2.87. The first-order valence-corrected chi connectivity index (χ1v) is 6.17. The molecule has 0 saturated carbocycles. The van der Waals surface area contributed by atoms with Gasteiger partial charge in [0.25, 0.3) is 0 Å². The molecule has 0 saturated heterocycles. The molecule has 94 valence electrons. The zero-order chi connectivity index (χ0) is 13.0. The summed E-state index contributed by atoms with van der Waals surface area (Å²) < 4.78 is 5.14. The van der Waals surface area contributed by atoms with Crippen molar-refractivity contribution in [3.05, 3.63) is 23.2 Å². The first kappa shape index (κ1) is 14.2. The van der Waals surface area contributed by atoms with E-state index in [0.717, 1.165) is 0 Å². The monoisotopic (exact) mass is 273 g/mol. The van der Waals surface area contributed by atoms with Gasteiger partial charge in [-0.25, -0.2) is 0 Å². The van der Waals surface area contributed by atoms with Crippen LogP contribution in [0.4, 0.5) is 5.69 Å². The maximum Gasteiger partial charge on any atom is 0.237 e. The second-order valence-electron chi connectivity index (χ2n) is 4.02. The third-order valence-corrected chi connectivity index (χ3v) is 3.39. The number of benzene rings is 1. The molecule has 1 N–H and O–H groups in total. The number of amides is 1. The lowest BCUT2D eigenvalue weighted by Crippen LogP contribution is -2.27. The molecule has 1 aromatic carbocycles. The Labute approximate surface area is 112 Å². The van der Waals surface area contributed by atoms with Crippen molar-refractivity contribution < 1.29 is 9.53 Å². The van der Waals surface area contributed by atoms with E-state index in [2.05, 4.69) is 17.9 Å². The summed E-state index contributed by atoms with van der Waals surface area (Å²) >= 11 is 10.1. The predicted molar refractivity (Wildman–Crippen MR) is 74.2 cm³/mol. The Hall–Kier alpha value is -0.870. The summed E-state index contributed by atoms with van der Waals surface area (Å²) in [7, 11) is 1.54. The van der Waals surface area contributed by atoms with Gasteiger partial charge in [-0.05, 0) is 24.1 Å². The molecule has 0 heterocycles. The van der Waals surface area contributed by atoms with Crippen molar-refractivity contribution in [1.29, 1.82) is 0 Å². The third kappa shape index (κ3) is 3.82. The normalized spacial score (nSPS) is 12.4. The van der Waals surface area contributed by atoms with Crippen molar-refractivity contribution in [2.24, 2.45) is 5.92 Å². The minimum atomic E-state index is -0.362. The fourth-order valence-electron chi connectivity index (χ4n) is 1.29. The van der Waals surface area contributed by atoms with Crippen molar-refractivity contribution in [2.75, 3.05) is 12.4 Å². The van der Waals surface area contributed by atoms with E-state index in [9.17, 15) is 4.79 Å². The van der Waals surface area contributed by atoms with Crippen LogP contribution in [0.25, 0.3) is 0 Å². The highest BCUT2D eigenvalue weighted by Crippen LogP contribution is 2.28. The Morgan fingerprint density at radius 1 is 1.47 bits per heavy atom. The smallest absolute Gasteiger partial charge is 0.237 e. The number of carbonyl (C=O) groups is 1. The highest BCUT2D eigenvalue weighted by molar-refractivity contribution is 7.81. The summed E-state index contributed by atoms with van der Waals surface area (Å²) in [6, 6.07) is 5.07. The summed E-state index contributed by atoms with van der Waals surface area (Å²) in [4.78, 5) is 11.8. The number of methoxy groups -OCH3 is 1. The van der Waals surface area contributed by atoms with Gasteiger partial charge in [0.15, 0.2) is 0 Å². The first-order chi connectivity index (χ1) is 7.95. The highest BCUT2D eigenvalue weighted by atomic mass is 35.5. The number of nitrogens with one attached hydrogen (secondary N) is 1. The zero-order valence-electron chi connectivity index (χ0n) is 10.0. The molecular formula is C12H16ClNO2S. The standard InChI is InChI=1S/C12H16ClNO2S/c1-7(2)11(17)12(15)14-9-6-8(13)4-5-10(9)16-3/h4-7,11,17H,1-3H3,(H,14,15). The van der Waals surface area contributed by atoms with Crippen LogP contribution in [-0.2, 0) is 4.79 Å². The Bertz CT molecular complexity index is 409. The lowest BCUT2D eigenvalue weighted by atomic mass is 10.1. The van der Waals surface area contributed by atoms with Gasteiger partial charge in [0.05, 0.1) is 18.0 Å². The van der Waals surface area contributed by atoms with Crippen molar-refractivity contribution >= 4 is 35.8 Å². The van der Waals surface area contributed by atoms with Crippen LogP contribution in [0, 0.1) is 5.92 Å². The second kappa shape index (κ2) is 6.17. The molecule has 0 aromatic heterocycles. The molecule has 3 nitrogen and oxygen atoms in total. The van der Waals surface area contributed by atoms with Gasteiger partial charge < -0.3 is 10.1 Å². The van der Waals surface area contributed by atoms with E-state index in [1.54, 1.807) is 25.3 Å². The van der Waals surface area contributed by atoms with E-state index in [0.29, 0.717) is 16.5 Å². The lowest BCUT2D eigenvalue weighted by Gasteiger charge is -2.16. The molecule has 0 aliphatic heterocycles. The van der Waals surface area contributed by atoms with Crippen LogP contribution in [0.15, 0.2) is 18.2 Å². The van der Waals surface area contributed by atoms with Gasteiger partial charge in [0.1, 0.15) is 5.75 Å². The molecule has 0 aliphatic carbocycles. The molecule has 1 atom stereocenters. The molecule has 1 rings (SSSR count). The molecule has 1 amide bonds. The van der Waals surface area contributed by atoms with Crippen molar-refractivity contribution in [3.8, 4) is 5.75 Å². The van der Waals surface area contributed by atoms with Crippen molar-refractivity contribution in [3.63, 3.8) is 0 Å². The molecule has 1 aromatic rings. The largest absolute Gasteiger partial charge is 0.495 e. The average Bonchev–Trinajstić information content (AvgIpc) is 2.28. The number of ether oxygens (including phenoxy) is 1. The van der Waals surface area contributed by atoms with E-state index in [4.69, 9.17) is 16.3 Å². The van der Waals surface area contributed by atoms with Crippen LogP contribution in [0.2, 0.25) is 5.02 Å². The van der Waals surface area contributed by atoms with Crippen LogP contribution in [0.1, 0.15) is 13.8 Å². The molecular weight excluding hydrogens is 258 g/mol. The van der Waals surface area contributed by atoms with E-state index in [1.165, 1.54) is 0 Å². The number of halogens is 1. The van der Waals surface area contributed by atoms with Gasteiger partial charge >= 0.3 is 0 Å². The van der Waals surface area contributed by atoms with Crippen LogP contribution in [0.3, 0.4) is 0 Å². The van der Waals surface area contributed by atoms with Crippen LogP contribution in [-0.4, -0.2) is 18.3 Å². The molecule has 0 fully saturated rings. The van der Waals surface area contributed by atoms with Gasteiger partial charge in [-0.1, -0.05) is 25.4 Å². The first-order valence-electron chi connectivity index (χ1n) is 5.28.